The van der Waals surface area contributed by atoms with Crippen LogP contribution >= 0.6 is 11.3 Å². The molecule has 2 rings (SSSR count). The van der Waals surface area contributed by atoms with Crippen LogP contribution in [0.4, 0.5) is 0 Å². The van der Waals surface area contributed by atoms with Crippen LogP contribution in [0.25, 0.3) is 0 Å². The van der Waals surface area contributed by atoms with Crippen molar-refractivity contribution >= 4 is 27.3 Å². The number of nitrogens with one attached hydrogen (secondary N) is 1. The van der Waals surface area contributed by atoms with Crippen LogP contribution in [0.5, 0.6) is 0 Å². The fourth-order valence-corrected chi connectivity index (χ4v) is 3.22. The predicted octanol–water partition coefficient (Wildman–Crippen LogP) is 1.22. The lowest BCUT2D eigenvalue weighted by molar-refractivity contribution is 0.0661. The molecule has 0 bridgehead atoms. The van der Waals surface area contributed by atoms with Crippen LogP contribution < -0.4 is 4.72 Å². The number of aromatic carboxylic acids is 1. The normalized spacial score (nSPS) is 11.6. The molecule has 0 unspecified atom stereocenters. The number of aromatic nitrogens is 1. The number of hydrogen-bond donors (Lipinski definition) is 2. The first-order chi connectivity index (χ1) is 8.90. The fraction of sp³-hybridized carbons (Fsp3) is 0.200. The average Bonchev–Trinajstić information content (AvgIpc) is 2.95. The van der Waals surface area contributed by atoms with E-state index in [1.165, 1.54) is 18.3 Å². The topological polar surface area (TPSA) is 109 Å². The number of hydrogen-bond acceptors (Lipinski definition) is 6. The molecule has 7 nitrogen and oxygen atoms in total. The van der Waals surface area contributed by atoms with Crippen molar-refractivity contribution in [1.82, 2.24) is 9.71 Å². The molecule has 0 radical (unpaired) electrons. The van der Waals surface area contributed by atoms with Gasteiger partial charge in [0.1, 0.15) is 10.7 Å². The van der Waals surface area contributed by atoms with Gasteiger partial charge < -0.3 is 9.52 Å². The van der Waals surface area contributed by atoms with Crippen molar-refractivity contribution in [3.05, 3.63) is 34.2 Å². The summed E-state index contributed by atoms with van der Waals surface area (Å²) in [5.41, 5.74) is 1.59. The minimum absolute atomic E-state index is 0.0363. The SMILES string of the molecule is Cc1oc(C(=O)O)cc1S(=O)(=O)NCc1cncs1. The van der Waals surface area contributed by atoms with Crippen LogP contribution in [0.2, 0.25) is 0 Å². The van der Waals surface area contributed by atoms with Crippen molar-refractivity contribution in [2.75, 3.05) is 0 Å². The maximum atomic E-state index is 12.0. The number of carbonyl (C=O) groups is 1. The summed E-state index contributed by atoms with van der Waals surface area (Å²) in [5.74, 6) is -1.68. The zero-order chi connectivity index (χ0) is 14.0. The van der Waals surface area contributed by atoms with Gasteiger partial charge in [-0.05, 0) is 6.92 Å². The summed E-state index contributed by atoms with van der Waals surface area (Å²) >= 11 is 1.32. The lowest BCUT2D eigenvalue weighted by Crippen LogP contribution is -2.23. The Morgan fingerprint density at radius 3 is 2.84 bits per heavy atom. The van der Waals surface area contributed by atoms with E-state index in [9.17, 15) is 13.2 Å². The monoisotopic (exact) mass is 302 g/mol. The standard InChI is InChI=1S/C10H10N2O5S2/c1-6-9(2-8(17-6)10(13)14)19(15,16)12-4-7-3-11-5-18-7/h2-3,5,12H,4H2,1H3,(H,13,14). The van der Waals surface area contributed by atoms with Gasteiger partial charge in [-0.3, -0.25) is 4.98 Å². The maximum Gasteiger partial charge on any atom is 0.371 e. The summed E-state index contributed by atoms with van der Waals surface area (Å²) < 4.78 is 31.2. The Labute approximate surface area is 113 Å². The van der Waals surface area contributed by atoms with Crippen LogP contribution in [0.3, 0.4) is 0 Å². The molecular formula is C10H10N2O5S2. The maximum absolute atomic E-state index is 12.0. The minimum atomic E-state index is -3.81. The Morgan fingerprint density at radius 2 is 2.32 bits per heavy atom. The molecule has 2 heterocycles. The summed E-state index contributed by atoms with van der Waals surface area (Å²) in [7, 11) is -3.81. The minimum Gasteiger partial charge on any atom is -0.475 e. The highest BCUT2D eigenvalue weighted by molar-refractivity contribution is 7.89. The molecular weight excluding hydrogens is 292 g/mol. The van der Waals surface area contributed by atoms with E-state index in [-0.39, 0.29) is 17.2 Å². The summed E-state index contributed by atoms with van der Waals surface area (Å²) in [4.78, 5) is 15.1. The summed E-state index contributed by atoms with van der Waals surface area (Å²) in [6.07, 6.45) is 1.55. The molecule has 102 valence electrons. The van der Waals surface area contributed by atoms with Crippen LogP contribution in [0, 0.1) is 6.92 Å². The van der Waals surface area contributed by atoms with Gasteiger partial charge in [-0.25, -0.2) is 17.9 Å². The number of thiazole rings is 1. The van der Waals surface area contributed by atoms with Gasteiger partial charge in [-0.1, -0.05) is 0 Å². The highest BCUT2D eigenvalue weighted by atomic mass is 32.2. The van der Waals surface area contributed by atoms with Gasteiger partial charge in [0, 0.05) is 23.7 Å². The molecule has 0 aliphatic heterocycles. The van der Waals surface area contributed by atoms with Crippen LogP contribution in [0.1, 0.15) is 21.2 Å². The van der Waals surface area contributed by atoms with Gasteiger partial charge >= 0.3 is 5.97 Å². The van der Waals surface area contributed by atoms with Gasteiger partial charge in [-0.2, -0.15) is 0 Å². The lowest BCUT2D eigenvalue weighted by Gasteiger charge is -2.03. The zero-order valence-corrected chi connectivity index (χ0v) is 11.4. The zero-order valence-electron chi connectivity index (χ0n) is 9.78. The van der Waals surface area contributed by atoms with E-state index in [0.717, 1.165) is 10.9 Å². The van der Waals surface area contributed by atoms with Crippen molar-refractivity contribution < 1.29 is 22.7 Å². The Bertz CT molecular complexity index is 688. The molecule has 0 aliphatic carbocycles. The fourth-order valence-electron chi connectivity index (χ4n) is 1.41. The van der Waals surface area contributed by atoms with Crippen molar-refractivity contribution in [1.29, 1.82) is 0 Å². The number of aryl methyl sites for hydroxylation is 1. The number of rotatable bonds is 5. The Balaban J connectivity index is 2.22. The van der Waals surface area contributed by atoms with E-state index in [1.807, 2.05) is 0 Å². The molecule has 0 atom stereocenters. The molecule has 0 spiro atoms. The first kappa shape index (κ1) is 13.7. The van der Waals surface area contributed by atoms with Crippen LogP contribution in [-0.2, 0) is 16.6 Å². The molecule has 0 aliphatic rings. The second kappa shape index (κ2) is 5.11. The van der Waals surface area contributed by atoms with Crippen molar-refractivity contribution in [3.8, 4) is 0 Å². The van der Waals surface area contributed by atoms with E-state index in [4.69, 9.17) is 9.52 Å². The molecule has 2 aromatic rings. The first-order valence-corrected chi connectivity index (χ1v) is 7.47. The van der Waals surface area contributed by atoms with Crippen molar-refractivity contribution in [3.63, 3.8) is 0 Å². The molecule has 2 aromatic heterocycles. The van der Waals surface area contributed by atoms with Crippen molar-refractivity contribution in [2.24, 2.45) is 0 Å². The third-order valence-electron chi connectivity index (χ3n) is 2.29. The van der Waals surface area contributed by atoms with E-state index < -0.39 is 21.8 Å². The summed E-state index contributed by atoms with van der Waals surface area (Å²) in [5, 5.41) is 8.75. The highest BCUT2D eigenvalue weighted by Gasteiger charge is 2.23. The first-order valence-electron chi connectivity index (χ1n) is 5.11. The largest absolute Gasteiger partial charge is 0.475 e. The predicted molar refractivity (Wildman–Crippen MR) is 66.5 cm³/mol. The third kappa shape index (κ3) is 3.00. The van der Waals surface area contributed by atoms with Crippen LogP contribution in [0.15, 0.2) is 27.1 Å². The average molecular weight is 302 g/mol. The number of furan rings is 1. The highest BCUT2D eigenvalue weighted by Crippen LogP contribution is 2.20. The molecule has 19 heavy (non-hydrogen) atoms. The molecule has 9 heteroatoms. The molecule has 0 fully saturated rings. The second-order valence-electron chi connectivity index (χ2n) is 3.63. The number of carboxylic acids is 1. The molecule has 2 N–H and O–H groups in total. The van der Waals surface area contributed by atoms with Gasteiger partial charge in [0.15, 0.2) is 0 Å². The van der Waals surface area contributed by atoms with Crippen molar-refractivity contribution in [2.45, 2.75) is 18.4 Å². The summed E-state index contributed by atoms with van der Waals surface area (Å²) in [6, 6.07) is 0.993. The van der Waals surface area contributed by atoms with E-state index in [0.29, 0.717) is 0 Å². The number of carboxylic acid groups (broad SMARTS) is 1. The Hall–Kier alpha value is -1.71. The lowest BCUT2D eigenvalue weighted by atomic mass is 10.4. The molecule has 0 saturated carbocycles. The second-order valence-corrected chi connectivity index (χ2v) is 6.33. The third-order valence-corrected chi connectivity index (χ3v) is 4.58. The number of nitrogens with zero attached hydrogens (tertiary/aromatic N) is 1. The van der Waals surface area contributed by atoms with Gasteiger partial charge in [0.05, 0.1) is 5.51 Å². The number of sulfonamides is 1. The van der Waals surface area contributed by atoms with Gasteiger partial charge in [-0.15, -0.1) is 11.3 Å². The molecule has 0 amide bonds. The smallest absolute Gasteiger partial charge is 0.371 e. The van der Waals surface area contributed by atoms with E-state index in [1.54, 1.807) is 11.7 Å². The molecule has 0 saturated heterocycles. The van der Waals surface area contributed by atoms with Gasteiger partial charge in [0.25, 0.3) is 0 Å². The van der Waals surface area contributed by atoms with E-state index >= 15 is 0 Å². The van der Waals surface area contributed by atoms with Gasteiger partial charge in [0.2, 0.25) is 15.8 Å². The quantitative estimate of drug-likeness (QED) is 0.859. The van der Waals surface area contributed by atoms with Crippen LogP contribution in [-0.4, -0.2) is 24.5 Å². The molecule has 0 aromatic carbocycles. The van der Waals surface area contributed by atoms with E-state index in [2.05, 4.69) is 9.71 Å². The Morgan fingerprint density at radius 1 is 1.58 bits per heavy atom. The summed E-state index contributed by atoms with van der Waals surface area (Å²) in [6.45, 7) is 1.49. The Kier molecular flexibility index (Phi) is 3.69.